The number of nitrogens with two attached hydrogens (primary N) is 2. The van der Waals surface area contributed by atoms with Crippen molar-refractivity contribution in [2.24, 2.45) is 16.5 Å². The predicted octanol–water partition coefficient (Wildman–Crippen LogP) is -0.589. The second kappa shape index (κ2) is 7.87. The number of ether oxygens (including phenoxy) is 1. The minimum Gasteiger partial charge on any atom is -0.461 e. The zero-order valence-corrected chi connectivity index (χ0v) is 7.34. The number of aliphatic imine (C=N–C) groups is 1. The van der Waals surface area contributed by atoms with Gasteiger partial charge in [0.2, 0.25) is 0 Å². The van der Waals surface area contributed by atoms with Gasteiger partial charge >= 0.3 is 5.97 Å². The van der Waals surface area contributed by atoms with Crippen LogP contribution >= 0.6 is 12.4 Å². The number of hydrogen-bond acceptors (Lipinski definition) is 3. The largest absolute Gasteiger partial charge is 0.461 e. The van der Waals surface area contributed by atoms with Crippen LogP contribution in [0.15, 0.2) is 17.6 Å². The molecule has 0 unspecified atom stereocenters. The SMILES string of the molecule is C=CC(=O)OCCN=C(N)N.Cl. The third-order valence-corrected chi connectivity index (χ3v) is 0.797. The Morgan fingerprint density at radius 1 is 1.58 bits per heavy atom. The third-order valence-electron chi connectivity index (χ3n) is 0.797. The van der Waals surface area contributed by atoms with Crippen molar-refractivity contribution in [3.05, 3.63) is 12.7 Å². The Morgan fingerprint density at radius 2 is 2.17 bits per heavy atom. The van der Waals surface area contributed by atoms with Crippen LogP contribution in [0.1, 0.15) is 0 Å². The number of esters is 1. The molecule has 0 fully saturated rings. The highest BCUT2D eigenvalue weighted by molar-refractivity contribution is 5.85. The molecule has 0 aliphatic rings. The van der Waals surface area contributed by atoms with Crippen molar-refractivity contribution in [2.45, 2.75) is 0 Å². The number of guanidine groups is 1. The number of nitrogens with zero attached hydrogens (tertiary/aromatic N) is 1. The van der Waals surface area contributed by atoms with E-state index in [9.17, 15) is 4.79 Å². The van der Waals surface area contributed by atoms with Gasteiger partial charge in [0.05, 0.1) is 6.54 Å². The first-order chi connectivity index (χ1) is 5.16. The third kappa shape index (κ3) is 8.77. The fourth-order valence-corrected chi connectivity index (χ4v) is 0.380. The average molecular weight is 194 g/mol. The van der Waals surface area contributed by atoms with Crippen LogP contribution < -0.4 is 11.5 Å². The Morgan fingerprint density at radius 3 is 2.58 bits per heavy atom. The van der Waals surface area contributed by atoms with Crippen LogP contribution in [0.4, 0.5) is 0 Å². The molecule has 0 saturated heterocycles. The topological polar surface area (TPSA) is 90.7 Å². The van der Waals surface area contributed by atoms with Gasteiger partial charge in [-0.15, -0.1) is 12.4 Å². The minimum atomic E-state index is -0.476. The van der Waals surface area contributed by atoms with E-state index >= 15 is 0 Å². The van der Waals surface area contributed by atoms with Crippen LogP contribution in [0.3, 0.4) is 0 Å². The average Bonchev–Trinajstić information content (AvgIpc) is 1.97. The molecule has 70 valence electrons. The van der Waals surface area contributed by atoms with Crippen LogP contribution in [0.5, 0.6) is 0 Å². The van der Waals surface area contributed by atoms with E-state index < -0.39 is 5.97 Å². The van der Waals surface area contributed by atoms with E-state index in [4.69, 9.17) is 11.5 Å². The highest BCUT2D eigenvalue weighted by Gasteiger charge is 1.92. The molecule has 0 bridgehead atoms. The monoisotopic (exact) mass is 193 g/mol. The Balaban J connectivity index is 0. The number of halogens is 1. The fraction of sp³-hybridized carbons (Fsp3) is 0.333. The van der Waals surface area contributed by atoms with Crippen molar-refractivity contribution in [3.63, 3.8) is 0 Å². The lowest BCUT2D eigenvalue weighted by molar-refractivity contribution is -0.137. The molecule has 0 aromatic rings. The molecule has 0 radical (unpaired) electrons. The maximum absolute atomic E-state index is 10.4. The fourth-order valence-electron chi connectivity index (χ4n) is 0.380. The van der Waals surface area contributed by atoms with E-state index in [0.29, 0.717) is 0 Å². The number of hydrogen-bond donors (Lipinski definition) is 2. The normalized spacial score (nSPS) is 7.67. The van der Waals surface area contributed by atoms with Gasteiger partial charge in [-0.3, -0.25) is 4.99 Å². The molecule has 0 aliphatic heterocycles. The summed E-state index contributed by atoms with van der Waals surface area (Å²) >= 11 is 0. The smallest absolute Gasteiger partial charge is 0.330 e. The molecule has 0 aromatic heterocycles. The molecular weight excluding hydrogens is 182 g/mol. The van der Waals surface area contributed by atoms with Crippen LogP contribution in [0.2, 0.25) is 0 Å². The summed E-state index contributed by atoms with van der Waals surface area (Å²) in [5.41, 5.74) is 10.0. The minimum absolute atomic E-state index is 0. The zero-order chi connectivity index (χ0) is 8.69. The van der Waals surface area contributed by atoms with Crippen LogP contribution in [-0.2, 0) is 9.53 Å². The molecule has 6 heteroatoms. The van der Waals surface area contributed by atoms with Gasteiger partial charge in [0.1, 0.15) is 6.61 Å². The van der Waals surface area contributed by atoms with E-state index in [-0.39, 0.29) is 31.5 Å². The summed E-state index contributed by atoms with van der Waals surface area (Å²) in [5.74, 6) is -0.490. The van der Waals surface area contributed by atoms with Gasteiger partial charge in [-0.05, 0) is 0 Å². The summed E-state index contributed by atoms with van der Waals surface area (Å²) in [4.78, 5) is 14.0. The summed E-state index contributed by atoms with van der Waals surface area (Å²) in [5, 5.41) is 0. The van der Waals surface area contributed by atoms with Crippen molar-refractivity contribution >= 4 is 24.3 Å². The van der Waals surface area contributed by atoms with Crippen molar-refractivity contribution in [1.29, 1.82) is 0 Å². The summed E-state index contributed by atoms with van der Waals surface area (Å²) < 4.78 is 4.57. The Hall–Kier alpha value is -1.23. The van der Waals surface area contributed by atoms with Crippen molar-refractivity contribution in [2.75, 3.05) is 13.2 Å². The number of rotatable bonds is 4. The molecular formula is C6H12ClN3O2. The van der Waals surface area contributed by atoms with E-state index in [1.807, 2.05) is 0 Å². The zero-order valence-electron chi connectivity index (χ0n) is 6.53. The lowest BCUT2D eigenvalue weighted by Gasteiger charge is -1.97. The van der Waals surface area contributed by atoms with E-state index in [0.717, 1.165) is 6.08 Å². The second-order valence-electron chi connectivity index (χ2n) is 1.68. The van der Waals surface area contributed by atoms with Crippen LogP contribution in [0.25, 0.3) is 0 Å². The molecule has 0 atom stereocenters. The quantitative estimate of drug-likeness (QED) is 0.205. The molecule has 0 amide bonds. The molecule has 5 nitrogen and oxygen atoms in total. The Kier molecular flexibility index (Phi) is 8.77. The van der Waals surface area contributed by atoms with Gasteiger partial charge in [0.25, 0.3) is 0 Å². The first-order valence-corrected chi connectivity index (χ1v) is 3.01. The standard InChI is InChI=1S/C6H11N3O2.ClH/c1-2-5(10)11-4-3-9-6(7)8;/h2H,1,3-4H2,(H4,7,8,9);1H. The van der Waals surface area contributed by atoms with E-state index in [1.165, 1.54) is 0 Å². The summed E-state index contributed by atoms with van der Waals surface area (Å²) in [6, 6.07) is 0. The Bertz CT molecular complexity index is 178. The summed E-state index contributed by atoms with van der Waals surface area (Å²) in [6.45, 7) is 3.66. The second-order valence-corrected chi connectivity index (χ2v) is 1.68. The van der Waals surface area contributed by atoms with Crippen LogP contribution in [-0.4, -0.2) is 25.1 Å². The van der Waals surface area contributed by atoms with Gasteiger partial charge in [0.15, 0.2) is 5.96 Å². The van der Waals surface area contributed by atoms with E-state index in [2.05, 4.69) is 16.3 Å². The van der Waals surface area contributed by atoms with Gasteiger partial charge in [-0.25, -0.2) is 4.79 Å². The summed E-state index contributed by atoms with van der Waals surface area (Å²) in [6.07, 6.45) is 1.08. The summed E-state index contributed by atoms with van der Waals surface area (Å²) in [7, 11) is 0. The number of carbonyl (C=O) groups is 1. The molecule has 0 aromatic carbocycles. The first-order valence-electron chi connectivity index (χ1n) is 3.01. The van der Waals surface area contributed by atoms with Gasteiger partial charge in [0, 0.05) is 6.08 Å². The molecule has 0 saturated carbocycles. The molecule has 0 spiro atoms. The maximum atomic E-state index is 10.4. The lowest BCUT2D eigenvalue weighted by atomic mass is 10.6. The first kappa shape index (κ1) is 13.4. The van der Waals surface area contributed by atoms with Crippen molar-refractivity contribution in [3.8, 4) is 0 Å². The van der Waals surface area contributed by atoms with Gasteiger partial charge in [-0.2, -0.15) is 0 Å². The highest BCUT2D eigenvalue weighted by atomic mass is 35.5. The van der Waals surface area contributed by atoms with Crippen molar-refractivity contribution in [1.82, 2.24) is 0 Å². The van der Waals surface area contributed by atoms with Gasteiger partial charge < -0.3 is 16.2 Å². The molecule has 4 N–H and O–H groups in total. The Labute approximate surface area is 76.9 Å². The molecule has 0 aliphatic carbocycles. The molecule has 0 rings (SSSR count). The maximum Gasteiger partial charge on any atom is 0.330 e. The highest BCUT2D eigenvalue weighted by Crippen LogP contribution is 1.79. The van der Waals surface area contributed by atoms with E-state index in [1.54, 1.807) is 0 Å². The lowest BCUT2D eigenvalue weighted by Crippen LogP contribution is -2.23. The molecule has 0 heterocycles. The number of carbonyl (C=O) groups excluding carboxylic acids is 1. The van der Waals surface area contributed by atoms with Crippen LogP contribution in [0, 0.1) is 0 Å². The molecule has 12 heavy (non-hydrogen) atoms. The van der Waals surface area contributed by atoms with Gasteiger partial charge in [-0.1, -0.05) is 6.58 Å². The van der Waals surface area contributed by atoms with Crippen molar-refractivity contribution < 1.29 is 9.53 Å². The predicted molar refractivity (Wildman–Crippen MR) is 49.1 cm³/mol.